The second-order valence-corrected chi connectivity index (χ2v) is 3.22. The third kappa shape index (κ3) is 2.80. The maximum Gasteiger partial charge on any atom is 0.228 e. The molecule has 0 fully saturated rings. The van der Waals surface area contributed by atoms with Crippen molar-refractivity contribution in [2.45, 2.75) is 5.16 Å². The van der Waals surface area contributed by atoms with Gasteiger partial charge in [0.15, 0.2) is 5.16 Å². The van der Waals surface area contributed by atoms with Crippen LogP contribution in [-0.4, -0.2) is 32.4 Å². The highest BCUT2D eigenvalue weighted by atomic mass is 35.5. The summed E-state index contributed by atoms with van der Waals surface area (Å²) in [5, 5.41) is 9.01. The molecular weight excluding hydrogens is 200 g/mol. The van der Waals surface area contributed by atoms with Crippen molar-refractivity contribution in [3.63, 3.8) is 0 Å². The average Bonchev–Trinajstić information content (AvgIpc) is 1.99. The number of rotatable bonds is 3. The fourth-order valence-electron chi connectivity index (χ4n) is 0.548. The maximum absolute atomic E-state index is 8.51. The van der Waals surface area contributed by atoms with Crippen molar-refractivity contribution < 1.29 is 5.11 Å². The number of nitrogen functional groups attached to an aromatic ring is 1. The number of hydrogen-bond acceptors (Lipinski definition) is 6. The maximum atomic E-state index is 8.51. The van der Waals surface area contributed by atoms with Gasteiger partial charge in [-0.2, -0.15) is 15.0 Å². The molecule has 0 radical (unpaired) electrons. The quantitative estimate of drug-likeness (QED) is 0.687. The van der Waals surface area contributed by atoms with Gasteiger partial charge in [0.2, 0.25) is 11.2 Å². The topological polar surface area (TPSA) is 84.9 Å². The summed E-state index contributed by atoms with van der Waals surface area (Å²) in [6, 6.07) is 0. The highest BCUT2D eigenvalue weighted by molar-refractivity contribution is 7.99. The molecule has 0 aliphatic heterocycles. The SMILES string of the molecule is Nc1nc(Cl)nc(SCCO)n1. The summed E-state index contributed by atoms with van der Waals surface area (Å²) in [6.45, 7) is 0.0634. The minimum Gasteiger partial charge on any atom is -0.396 e. The Bertz CT molecular complexity index is 251. The smallest absolute Gasteiger partial charge is 0.228 e. The Morgan fingerprint density at radius 1 is 1.42 bits per heavy atom. The molecule has 1 aromatic heterocycles. The minimum absolute atomic E-state index is 0.0634. The first-order valence-corrected chi connectivity index (χ1v) is 4.49. The molecule has 0 aromatic carbocycles. The van der Waals surface area contributed by atoms with E-state index < -0.39 is 0 Å². The number of aliphatic hydroxyl groups is 1. The molecule has 1 aromatic rings. The molecule has 0 saturated carbocycles. The molecule has 5 nitrogen and oxygen atoms in total. The second kappa shape index (κ2) is 4.44. The molecule has 12 heavy (non-hydrogen) atoms. The molecule has 66 valence electrons. The highest BCUT2D eigenvalue weighted by Gasteiger charge is 2.01. The first-order valence-electron chi connectivity index (χ1n) is 3.13. The summed E-state index contributed by atoms with van der Waals surface area (Å²) in [5.74, 6) is 0.607. The number of nitrogens with zero attached hydrogens (tertiary/aromatic N) is 3. The van der Waals surface area contributed by atoms with E-state index in [1.165, 1.54) is 11.8 Å². The van der Waals surface area contributed by atoms with Gasteiger partial charge in [-0.25, -0.2) is 0 Å². The summed E-state index contributed by atoms with van der Waals surface area (Å²) in [6.07, 6.45) is 0. The van der Waals surface area contributed by atoms with Gasteiger partial charge in [0.25, 0.3) is 0 Å². The third-order valence-electron chi connectivity index (χ3n) is 0.927. The molecule has 1 rings (SSSR count). The Morgan fingerprint density at radius 3 is 2.75 bits per heavy atom. The zero-order valence-corrected chi connectivity index (χ0v) is 7.64. The molecule has 0 aliphatic rings. The number of thioether (sulfide) groups is 1. The summed E-state index contributed by atoms with van der Waals surface area (Å²) in [5.41, 5.74) is 5.31. The molecule has 0 atom stereocenters. The first-order chi connectivity index (χ1) is 5.72. The van der Waals surface area contributed by atoms with Gasteiger partial charge in [-0.15, -0.1) is 0 Å². The van der Waals surface area contributed by atoms with Gasteiger partial charge >= 0.3 is 0 Å². The Hall–Kier alpha value is -0.590. The van der Waals surface area contributed by atoms with Gasteiger partial charge in [0, 0.05) is 5.75 Å². The predicted octanol–water partition coefficient (Wildman–Crippen LogP) is 0.192. The monoisotopic (exact) mass is 206 g/mol. The molecule has 0 amide bonds. The van der Waals surface area contributed by atoms with E-state index in [4.69, 9.17) is 22.4 Å². The van der Waals surface area contributed by atoms with Crippen LogP contribution in [0.3, 0.4) is 0 Å². The van der Waals surface area contributed by atoms with Crippen molar-refractivity contribution in [2.75, 3.05) is 18.1 Å². The van der Waals surface area contributed by atoms with E-state index in [-0.39, 0.29) is 17.8 Å². The van der Waals surface area contributed by atoms with E-state index in [9.17, 15) is 0 Å². The van der Waals surface area contributed by atoms with Crippen molar-refractivity contribution in [1.82, 2.24) is 15.0 Å². The largest absolute Gasteiger partial charge is 0.396 e. The van der Waals surface area contributed by atoms with Crippen molar-refractivity contribution in [3.8, 4) is 0 Å². The van der Waals surface area contributed by atoms with E-state index in [1.54, 1.807) is 0 Å². The Balaban J connectivity index is 2.72. The van der Waals surface area contributed by atoms with Crippen LogP contribution in [0.15, 0.2) is 5.16 Å². The van der Waals surface area contributed by atoms with Gasteiger partial charge in [0.1, 0.15) is 0 Å². The lowest BCUT2D eigenvalue weighted by atomic mass is 10.9. The van der Waals surface area contributed by atoms with Crippen molar-refractivity contribution in [1.29, 1.82) is 0 Å². The standard InChI is InChI=1S/C5H7ClN4OS/c6-3-8-4(7)10-5(9-3)12-2-1-11/h11H,1-2H2,(H2,7,8,9,10). The van der Waals surface area contributed by atoms with Crippen molar-refractivity contribution >= 4 is 29.3 Å². The van der Waals surface area contributed by atoms with Gasteiger partial charge in [-0.05, 0) is 11.6 Å². The molecule has 0 aliphatic carbocycles. The van der Waals surface area contributed by atoms with Gasteiger partial charge < -0.3 is 10.8 Å². The highest BCUT2D eigenvalue weighted by Crippen LogP contribution is 2.14. The van der Waals surface area contributed by atoms with E-state index in [1.807, 2.05) is 0 Å². The van der Waals surface area contributed by atoms with Gasteiger partial charge in [-0.1, -0.05) is 11.8 Å². The van der Waals surface area contributed by atoms with Crippen molar-refractivity contribution in [2.24, 2.45) is 0 Å². The predicted molar refractivity (Wildman–Crippen MR) is 47.1 cm³/mol. The van der Waals surface area contributed by atoms with Crippen LogP contribution in [0.5, 0.6) is 0 Å². The van der Waals surface area contributed by atoms with Crippen LogP contribution in [0.25, 0.3) is 0 Å². The van der Waals surface area contributed by atoms with Crippen LogP contribution in [0.1, 0.15) is 0 Å². The Morgan fingerprint density at radius 2 is 2.17 bits per heavy atom. The molecular formula is C5H7ClN4OS. The van der Waals surface area contributed by atoms with Gasteiger partial charge in [0.05, 0.1) is 6.61 Å². The van der Waals surface area contributed by atoms with Crippen LogP contribution in [0.4, 0.5) is 5.95 Å². The van der Waals surface area contributed by atoms with Crippen LogP contribution in [-0.2, 0) is 0 Å². The van der Waals surface area contributed by atoms with E-state index in [2.05, 4.69) is 15.0 Å². The normalized spacial score (nSPS) is 10.2. The van der Waals surface area contributed by atoms with E-state index >= 15 is 0 Å². The minimum atomic E-state index is 0.0634. The Labute approximate surface area is 78.4 Å². The number of anilines is 1. The fraction of sp³-hybridized carbons (Fsp3) is 0.400. The molecule has 3 N–H and O–H groups in total. The molecule has 1 heterocycles. The molecule has 0 saturated heterocycles. The molecule has 7 heteroatoms. The second-order valence-electron chi connectivity index (χ2n) is 1.82. The average molecular weight is 207 g/mol. The molecule has 0 spiro atoms. The number of aromatic nitrogens is 3. The van der Waals surface area contributed by atoms with E-state index in [0.29, 0.717) is 10.9 Å². The zero-order chi connectivity index (χ0) is 8.97. The number of halogens is 1. The lowest BCUT2D eigenvalue weighted by Gasteiger charge is -1.98. The van der Waals surface area contributed by atoms with Crippen LogP contribution < -0.4 is 5.73 Å². The summed E-state index contributed by atoms with van der Waals surface area (Å²) in [7, 11) is 0. The van der Waals surface area contributed by atoms with Crippen molar-refractivity contribution in [3.05, 3.63) is 5.28 Å². The molecule has 0 unspecified atom stereocenters. The van der Waals surface area contributed by atoms with E-state index in [0.717, 1.165) is 0 Å². The van der Waals surface area contributed by atoms with Crippen LogP contribution in [0.2, 0.25) is 5.28 Å². The van der Waals surface area contributed by atoms with Crippen LogP contribution in [0, 0.1) is 0 Å². The lowest BCUT2D eigenvalue weighted by Crippen LogP contribution is -2.00. The number of hydrogen-bond donors (Lipinski definition) is 2. The number of nitrogens with two attached hydrogens (primary N) is 1. The molecule has 0 bridgehead atoms. The van der Waals surface area contributed by atoms with Crippen LogP contribution >= 0.6 is 23.4 Å². The fourth-order valence-corrected chi connectivity index (χ4v) is 1.35. The summed E-state index contributed by atoms with van der Waals surface area (Å²) >= 11 is 6.78. The first kappa shape index (κ1) is 9.50. The Kier molecular flexibility index (Phi) is 3.51. The summed E-state index contributed by atoms with van der Waals surface area (Å²) < 4.78 is 0. The third-order valence-corrected chi connectivity index (χ3v) is 1.92. The zero-order valence-electron chi connectivity index (χ0n) is 6.07. The summed E-state index contributed by atoms with van der Waals surface area (Å²) in [4.78, 5) is 11.2. The van der Waals surface area contributed by atoms with Gasteiger partial charge in [-0.3, -0.25) is 0 Å². The lowest BCUT2D eigenvalue weighted by molar-refractivity contribution is 0.322. The number of aliphatic hydroxyl groups excluding tert-OH is 1.